The minimum absolute atomic E-state index is 0.0189. The summed E-state index contributed by atoms with van der Waals surface area (Å²) in [4.78, 5) is 37.1. The zero-order chi connectivity index (χ0) is 17.5. The van der Waals surface area contributed by atoms with Gasteiger partial charge in [-0.3, -0.25) is 9.59 Å². The lowest BCUT2D eigenvalue weighted by atomic mass is 9.85. The number of esters is 1. The number of piperidine rings is 1. The number of methoxy groups -OCH3 is 1. The third-order valence-corrected chi connectivity index (χ3v) is 4.26. The van der Waals surface area contributed by atoms with Crippen LogP contribution in [0.4, 0.5) is 4.79 Å². The summed E-state index contributed by atoms with van der Waals surface area (Å²) >= 11 is 0. The first-order valence-electron chi connectivity index (χ1n) is 8.02. The van der Waals surface area contributed by atoms with Gasteiger partial charge in [0.1, 0.15) is 12.4 Å². The third kappa shape index (κ3) is 5.08. The Bertz CT molecular complexity index is 586. The number of rotatable bonds is 5. The smallest absolute Gasteiger partial charge is 0.410 e. The van der Waals surface area contributed by atoms with E-state index in [9.17, 15) is 14.4 Å². The third-order valence-electron chi connectivity index (χ3n) is 4.26. The fraction of sp³-hybridized carbons (Fsp3) is 0.500. The molecular weight excluding hydrogens is 310 g/mol. The molecule has 0 bridgehead atoms. The van der Waals surface area contributed by atoms with Gasteiger partial charge >= 0.3 is 12.1 Å². The van der Waals surface area contributed by atoms with Gasteiger partial charge in [0.15, 0.2) is 0 Å². The molecule has 2 unspecified atom stereocenters. The molecule has 0 saturated carbocycles. The summed E-state index contributed by atoms with van der Waals surface area (Å²) in [5.74, 6) is -0.672. The zero-order valence-corrected chi connectivity index (χ0v) is 14.1. The molecule has 0 aliphatic carbocycles. The summed E-state index contributed by atoms with van der Waals surface area (Å²) in [6, 6.07) is 9.40. The van der Waals surface area contributed by atoms with E-state index in [1.54, 1.807) is 0 Å². The van der Waals surface area contributed by atoms with Crippen LogP contribution in [0.25, 0.3) is 0 Å². The molecule has 1 aliphatic rings. The van der Waals surface area contributed by atoms with Crippen LogP contribution < -0.4 is 0 Å². The molecule has 0 radical (unpaired) electrons. The maximum atomic E-state index is 12.3. The van der Waals surface area contributed by atoms with Crippen molar-refractivity contribution in [3.8, 4) is 0 Å². The topological polar surface area (TPSA) is 72.9 Å². The number of carbonyl (C=O) groups is 3. The van der Waals surface area contributed by atoms with Crippen molar-refractivity contribution >= 4 is 17.8 Å². The second kappa shape index (κ2) is 8.47. The monoisotopic (exact) mass is 333 g/mol. The van der Waals surface area contributed by atoms with Crippen molar-refractivity contribution in [3.05, 3.63) is 35.9 Å². The lowest BCUT2D eigenvalue weighted by molar-refractivity contribution is -0.142. The fourth-order valence-electron chi connectivity index (χ4n) is 2.92. The first-order chi connectivity index (χ1) is 11.5. The van der Waals surface area contributed by atoms with E-state index in [2.05, 4.69) is 0 Å². The molecule has 2 atom stereocenters. The van der Waals surface area contributed by atoms with Gasteiger partial charge in [0, 0.05) is 19.0 Å². The summed E-state index contributed by atoms with van der Waals surface area (Å²) in [6.07, 6.45) is 0.329. The van der Waals surface area contributed by atoms with Gasteiger partial charge in [0.05, 0.1) is 13.5 Å². The van der Waals surface area contributed by atoms with Crippen LogP contribution in [0.1, 0.15) is 25.3 Å². The Morgan fingerprint density at radius 1 is 1.17 bits per heavy atom. The van der Waals surface area contributed by atoms with Gasteiger partial charge in [-0.15, -0.1) is 0 Å². The maximum absolute atomic E-state index is 12.3. The van der Waals surface area contributed by atoms with Gasteiger partial charge < -0.3 is 14.4 Å². The van der Waals surface area contributed by atoms with Crippen molar-refractivity contribution in [2.75, 3.05) is 20.2 Å². The van der Waals surface area contributed by atoms with E-state index in [1.807, 2.05) is 30.3 Å². The summed E-state index contributed by atoms with van der Waals surface area (Å²) < 4.78 is 10.0. The molecule has 0 N–H and O–H groups in total. The van der Waals surface area contributed by atoms with Crippen molar-refractivity contribution in [1.82, 2.24) is 4.90 Å². The molecule has 24 heavy (non-hydrogen) atoms. The summed E-state index contributed by atoms with van der Waals surface area (Å²) in [7, 11) is 1.33. The first kappa shape index (κ1) is 18.0. The van der Waals surface area contributed by atoms with E-state index in [-0.39, 0.29) is 36.6 Å². The van der Waals surface area contributed by atoms with Gasteiger partial charge in [-0.1, -0.05) is 30.3 Å². The van der Waals surface area contributed by atoms with Crippen LogP contribution in [0.3, 0.4) is 0 Å². The number of likely N-dealkylation sites (tertiary alicyclic amines) is 1. The van der Waals surface area contributed by atoms with Gasteiger partial charge in [0.2, 0.25) is 0 Å². The lowest BCUT2D eigenvalue weighted by Gasteiger charge is -2.35. The second-order valence-corrected chi connectivity index (χ2v) is 6.13. The molecule has 0 aromatic heterocycles. The number of ether oxygens (including phenoxy) is 2. The number of hydrogen-bond donors (Lipinski definition) is 0. The zero-order valence-electron chi connectivity index (χ0n) is 14.1. The highest BCUT2D eigenvalue weighted by molar-refractivity contribution is 5.80. The maximum Gasteiger partial charge on any atom is 0.410 e. The Kier molecular flexibility index (Phi) is 6.35. The molecule has 1 amide bonds. The number of ketones is 1. The highest BCUT2D eigenvalue weighted by atomic mass is 16.6. The normalized spacial score (nSPS) is 20.3. The van der Waals surface area contributed by atoms with Crippen LogP contribution in [-0.2, 0) is 25.7 Å². The molecular formula is C18H23NO5. The highest BCUT2D eigenvalue weighted by Crippen LogP contribution is 2.26. The minimum atomic E-state index is -0.459. The number of hydrogen-bond acceptors (Lipinski definition) is 5. The Morgan fingerprint density at radius 2 is 1.88 bits per heavy atom. The molecule has 1 heterocycles. The van der Waals surface area contributed by atoms with Crippen LogP contribution >= 0.6 is 0 Å². The van der Waals surface area contributed by atoms with Gasteiger partial charge in [-0.05, 0) is 24.8 Å². The highest BCUT2D eigenvalue weighted by Gasteiger charge is 2.34. The van der Waals surface area contributed by atoms with Crippen molar-refractivity contribution in [2.45, 2.75) is 26.4 Å². The van der Waals surface area contributed by atoms with E-state index in [0.29, 0.717) is 19.5 Å². The van der Waals surface area contributed by atoms with Crippen molar-refractivity contribution in [1.29, 1.82) is 0 Å². The SMILES string of the molecule is COC(=O)CC1CC(C(C)=O)CN(C(=O)OCc2ccccc2)C1. The number of amides is 1. The molecule has 6 heteroatoms. The van der Waals surface area contributed by atoms with E-state index in [0.717, 1.165) is 5.56 Å². The second-order valence-electron chi connectivity index (χ2n) is 6.13. The Morgan fingerprint density at radius 3 is 2.50 bits per heavy atom. The van der Waals surface area contributed by atoms with Crippen LogP contribution in [0.2, 0.25) is 0 Å². The number of Topliss-reactive ketones (excluding diaryl/α,β-unsaturated/α-hetero) is 1. The van der Waals surface area contributed by atoms with Gasteiger partial charge in [-0.2, -0.15) is 0 Å². The molecule has 1 aliphatic heterocycles. The van der Waals surface area contributed by atoms with Crippen molar-refractivity contribution in [2.24, 2.45) is 11.8 Å². The molecule has 2 rings (SSSR count). The molecule has 0 spiro atoms. The summed E-state index contributed by atoms with van der Waals surface area (Å²) in [5.41, 5.74) is 0.900. The predicted octanol–water partition coefficient (Wildman–Crippen LogP) is 2.41. The molecule has 1 fully saturated rings. The van der Waals surface area contributed by atoms with Crippen LogP contribution in [-0.4, -0.2) is 42.9 Å². The van der Waals surface area contributed by atoms with E-state index in [1.165, 1.54) is 18.9 Å². The lowest BCUT2D eigenvalue weighted by Crippen LogP contribution is -2.46. The number of benzene rings is 1. The number of nitrogens with zero attached hydrogens (tertiary/aromatic N) is 1. The molecule has 6 nitrogen and oxygen atoms in total. The van der Waals surface area contributed by atoms with Crippen LogP contribution in [0, 0.1) is 11.8 Å². The average Bonchev–Trinajstić information content (AvgIpc) is 2.60. The summed E-state index contributed by atoms with van der Waals surface area (Å²) in [5, 5.41) is 0. The quantitative estimate of drug-likeness (QED) is 0.774. The van der Waals surface area contributed by atoms with Crippen LogP contribution in [0.15, 0.2) is 30.3 Å². The molecule has 1 saturated heterocycles. The largest absolute Gasteiger partial charge is 0.469 e. The van der Waals surface area contributed by atoms with Gasteiger partial charge in [-0.25, -0.2) is 4.79 Å². The van der Waals surface area contributed by atoms with Crippen molar-refractivity contribution < 1.29 is 23.9 Å². The Labute approximate surface area is 141 Å². The van der Waals surface area contributed by atoms with Crippen LogP contribution in [0.5, 0.6) is 0 Å². The first-order valence-corrected chi connectivity index (χ1v) is 8.02. The average molecular weight is 333 g/mol. The van der Waals surface area contributed by atoms with Crippen molar-refractivity contribution in [3.63, 3.8) is 0 Å². The minimum Gasteiger partial charge on any atom is -0.469 e. The predicted molar refractivity (Wildman–Crippen MR) is 87.1 cm³/mol. The Balaban J connectivity index is 1.96. The van der Waals surface area contributed by atoms with E-state index < -0.39 is 6.09 Å². The molecule has 130 valence electrons. The fourth-order valence-corrected chi connectivity index (χ4v) is 2.92. The summed E-state index contributed by atoms with van der Waals surface area (Å²) in [6.45, 7) is 2.42. The standard InChI is InChI=1S/C18H23NO5/c1-13(20)16-8-15(9-17(21)23-2)10-19(11-16)18(22)24-12-14-6-4-3-5-7-14/h3-7,15-16H,8-12H2,1-2H3. The van der Waals surface area contributed by atoms with E-state index >= 15 is 0 Å². The number of carbonyl (C=O) groups excluding carboxylic acids is 3. The molecule has 1 aromatic rings. The van der Waals surface area contributed by atoms with E-state index in [4.69, 9.17) is 9.47 Å². The van der Waals surface area contributed by atoms with Gasteiger partial charge in [0.25, 0.3) is 0 Å². The Hall–Kier alpha value is -2.37. The molecule has 1 aromatic carbocycles.